The summed E-state index contributed by atoms with van der Waals surface area (Å²) in [5.74, 6) is -0.649. The Labute approximate surface area is 204 Å². The number of imidazole rings is 1. The fourth-order valence-corrected chi connectivity index (χ4v) is 3.93. The van der Waals surface area contributed by atoms with Crippen molar-refractivity contribution in [3.63, 3.8) is 0 Å². The van der Waals surface area contributed by atoms with Crippen LogP contribution in [-0.2, 0) is 11.8 Å². The summed E-state index contributed by atoms with van der Waals surface area (Å²) in [4.78, 5) is 16.1. The Morgan fingerprint density at radius 1 is 1.00 bits per heavy atom. The topological polar surface area (TPSA) is 81.1 Å². The van der Waals surface area contributed by atoms with Gasteiger partial charge in [-0.15, -0.1) is 0 Å². The number of carbonyl (C=O) groups is 1. The summed E-state index contributed by atoms with van der Waals surface area (Å²) in [5.41, 5.74) is 5.24. The van der Waals surface area contributed by atoms with Crippen LogP contribution in [0.15, 0.2) is 72.9 Å². The van der Waals surface area contributed by atoms with E-state index in [1.807, 2.05) is 0 Å². The van der Waals surface area contributed by atoms with E-state index in [0.717, 1.165) is 6.07 Å². The Balaban J connectivity index is 1.92. The van der Waals surface area contributed by atoms with Gasteiger partial charge in [0.1, 0.15) is 11.4 Å². The van der Waals surface area contributed by atoms with E-state index in [1.54, 1.807) is 42.5 Å². The molecule has 0 unspecified atom stereocenters. The second-order valence-electron chi connectivity index (χ2n) is 8.53. The van der Waals surface area contributed by atoms with Crippen LogP contribution in [0.4, 0.5) is 13.2 Å². The van der Waals surface area contributed by atoms with Crippen molar-refractivity contribution in [3.8, 4) is 28.2 Å². The molecule has 4 rings (SSSR count). The number of aromatic nitrogens is 2. The van der Waals surface area contributed by atoms with Crippen LogP contribution in [0.1, 0.15) is 35.5 Å². The van der Waals surface area contributed by atoms with Gasteiger partial charge in [0.15, 0.2) is 0 Å². The maximum Gasteiger partial charge on any atom is 0.417 e. The minimum atomic E-state index is -4.60. The van der Waals surface area contributed by atoms with Crippen molar-refractivity contribution in [1.29, 1.82) is 0 Å². The summed E-state index contributed by atoms with van der Waals surface area (Å²) in [5, 5.41) is 10.8. The first-order valence-corrected chi connectivity index (χ1v) is 10.9. The summed E-state index contributed by atoms with van der Waals surface area (Å²) < 4.78 is 42.9. The molecule has 35 heavy (non-hydrogen) atoms. The van der Waals surface area contributed by atoms with Gasteiger partial charge in [-0.1, -0.05) is 48.0 Å². The molecule has 0 atom stereocenters. The first-order valence-electron chi connectivity index (χ1n) is 10.6. The van der Waals surface area contributed by atoms with E-state index in [4.69, 9.17) is 17.3 Å². The van der Waals surface area contributed by atoms with Crippen LogP contribution in [0, 0.1) is 0 Å². The molecule has 0 aliphatic heterocycles. The number of amides is 1. The molecule has 3 aromatic carbocycles. The smallest absolute Gasteiger partial charge is 0.384 e. The molecule has 0 aliphatic rings. The van der Waals surface area contributed by atoms with Gasteiger partial charge in [0.25, 0.3) is 0 Å². The lowest BCUT2D eigenvalue weighted by Gasteiger charge is -2.15. The van der Waals surface area contributed by atoms with E-state index in [2.05, 4.69) is 4.98 Å². The third kappa shape index (κ3) is 4.94. The van der Waals surface area contributed by atoms with Gasteiger partial charge in [0, 0.05) is 17.4 Å². The molecule has 9 heteroatoms. The largest absolute Gasteiger partial charge is 0.417 e. The Morgan fingerprint density at radius 2 is 1.69 bits per heavy atom. The van der Waals surface area contributed by atoms with E-state index in [-0.39, 0.29) is 27.7 Å². The van der Waals surface area contributed by atoms with Crippen molar-refractivity contribution in [1.82, 2.24) is 9.55 Å². The van der Waals surface area contributed by atoms with Gasteiger partial charge < -0.3 is 10.8 Å². The predicted molar refractivity (Wildman–Crippen MR) is 128 cm³/mol. The highest BCUT2D eigenvalue weighted by Crippen LogP contribution is 2.38. The first-order chi connectivity index (χ1) is 16.4. The predicted octanol–water partition coefficient (Wildman–Crippen LogP) is 6.20. The molecular weight excluding hydrogens is 479 g/mol. The van der Waals surface area contributed by atoms with Crippen molar-refractivity contribution in [3.05, 3.63) is 94.8 Å². The molecule has 0 saturated heterocycles. The van der Waals surface area contributed by atoms with Crippen LogP contribution in [0.3, 0.4) is 0 Å². The van der Waals surface area contributed by atoms with Crippen molar-refractivity contribution < 1.29 is 23.1 Å². The minimum Gasteiger partial charge on any atom is -0.384 e. The molecular formula is C26H21ClF3N3O2. The molecule has 5 nitrogen and oxygen atoms in total. The van der Waals surface area contributed by atoms with Gasteiger partial charge in [-0.3, -0.25) is 9.36 Å². The van der Waals surface area contributed by atoms with Crippen LogP contribution >= 0.6 is 11.6 Å². The first kappa shape index (κ1) is 24.5. The third-order valence-corrected chi connectivity index (χ3v) is 5.83. The second-order valence-corrected chi connectivity index (χ2v) is 8.94. The van der Waals surface area contributed by atoms with E-state index in [1.165, 1.54) is 42.8 Å². The molecule has 0 radical (unpaired) electrons. The molecule has 1 aromatic heterocycles. The fraction of sp³-hybridized carbons (Fsp3) is 0.154. The van der Waals surface area contributed by atoms with E-state index in [0.29, 0.717) is 16.8 Å². The van der Waals surface area contributed by atoms with Crippen molar-refractivity contribution >= 4 is 17.5 Å². The summed E-state index contributed by atoms with van der Waals surface area (Å²) >= 11 is 6.06. The number of primary amides is 1. The zero-order valence-corrected chi connectivity index (χ0v) is 19.5. The molecule has 3 N–H and O–H groups in total. The second kappa shape index (κ2) is 8.87. The van der Waals surface area contributed by atoms with Gasteiger partial charge in [-0.25, -0.2) is 4.98 Å². The van der Waals surface area contributed by atoms with Crippen LogP contribution in [0.25, 0.3) is 28.2 Å². The molecule has 4 aromatic rings. The lowest BCUT2D eigenvalue weighted by atomic mass is 10.0. The van der Waals surface area contributed by atoms with Crippen LogP contribution < -0.4 is 5.73 Å². The summed E-state index contributed by atoms with van der Waals surface area (Å²) in [7, 11) is 0. The molecule has 0 aliphatic carbocycles. The molecule has 1 amide bonds. The van der Waals surface area contributed by atoms with Crippen molar-refractivity contribution in [2.45, 2.75) is 25.6 Å². The van der Waals surface area contributed by atoms with Gasteiger partial charge in [0.05, 0.1) is 21.8 Å². The Kier molecular flexibility index (Phi) is 6.21. The third-order valence-electron chi connectivity index (χ3n) is 5.50. The molecule has 0 fully saturated rings. The number of carbonyl (C=O) groups excluding carboxylic acids is 1. The highest BCUT2D eigenvalue weighted by atomic mass is 35.5. The number of aliphatic hydroxyl groups is 1. The molecule has 1 heterocycles. The quantitative estimate of drug-likeness (QED) is 0.343. The molecule has 0 bridgehead atoms. The molecule has 0 saturated carbocycles. The number of hydrogen-bond donors (Lipinski definition) is 2. The summed E-state index contributed by atoms with van der Waals surface area (Å²) in [6.45, 7) is 3.02. The van der Waals surface area contributed by atoms with Crippen LogP contribution in [-0.4, -0.2) is 20.6 Å². The lowest BCUT2D eigenvalue weighted by Crippen LogP contribution is -2.15. The number of hydrogen-bond acceptors (Lipinski definition) is 3. The number of benzene rings is 3. The van der Waals surface area contributed by atoms with E-state index < -0.39 is 23.2 Å². The van der Waals surface area contributed by atoms with Gasteiger partial charge >= 0.3 is 6.18 Å². The number of nitrogens with two attached hydrogens (primary N) is 1. The van der Waals surface area contributed by atoms with Crippen molar-refractivity contribution in [2.24, 2.45) is 5.73 Å². The number of nitrogens with zero attached hydrogens (tertiary/aromatic N) is 2. The normalized spacial score (nSPS) is 12.1. The Hall–Kier alpha value is -3.62. The van der Waals surface area contributed by atoms with Crippen molar-refractivity contribution in [2.75, 3.05) is 0 Å². The lowest BCUT2D eigenvalue weighted by molar-refractivity contribution is -0.137. The monoisotopic (exact) mass is 499 g/mol. The Bertz CT molecular complexity index is 1420. The maximum atomic E-state index is 13.8. The maximum absolute atomic E-state index is 13.8. The fourth-order valence-electron chi connectivity index (χ4n) is 3.72. The highest BCUT2D eigenvalue weighted by Gasteiger charge is 2.35. The van der Waals surface area contributed by atoms with Gasteiger partial charge in [-0.2, -0.15) is 13.2 Å². The summed E-state index contributed by atoms with van der Waals surface area (Å²) in [6.07, 6.45) is -3.09. The van der Waals surface area contributed by atoms with Crippen LogP contribution in [0.5, 0.6) is 0 Å². The zero-order chi connectivity index (χ0) is 25.5. The zero-order valence-electron chi connectivity index (χ0n) is 18.8. The van der Waals surface area contributed by atoms with Gasteiger partial charge in [0.2, 0.25) is 5.91 Å². The average Bonchev–Trinajstić information content (AvgIpc) is 3.25. The number of alkyl halides is 3. The van der Waals surface area contributed by atoms with E-state index >= 15 is 0 Å². The van der Waals surface area contributed by atoms with Crippen LogP contribution in [0.2, 0.25) is 5.02 Å². The minimum absolute atomic E-state index is 0.0288. The Morgan fingerprint density at radius 3 is 2.34 bits per heavy atom. The number of halogens is 4. The van der Waals surface area contributed by atoms with E-state index in [9.17, 15) is 23.1 Å². The standard InChI is InChI=1S/C26H21ClF3N3O2/c1-25(2,35)22-14-33(24(32-22)18-8-3-4-9-20(18)26(28,29)30)17-7-5-6-15(12-17)16-10-11-21(27)19(13-16)23(31)34/h3-14,35H,1-2H3,(H2,31,34). The van der Waals surface area contributed by atoms with Gasteiger partial charge in [-0.05, 0) is 55.3 Å². The SMILES string of the molecule is CC(C)(O)c1cn(-c2cccc(-c3ccc(Cl)c(C(N)=O)c3)c2)c(-c2ccccc2C(F)(F)F)n1. The number of rotatable bonds is 5. The molecule has 0 spiro atoms. The average molecular weight is 500 g/mol. The molecule has 180 valence electrons. The highest BCUT2D eigenvalue weighted by molar-refractivity contribution is 6.33. The summed E-state index contributed by atoms with van der Waals surface area (Å²) in [6, 6.07) is 16.9.